The van der Waals surface area contributed by atoms with Crippen molar-refractivity contribution >= 4 is 72.1 Å². The van der Waals surface area contributed by atoms with Crippen molar-refractivity contribution in [3.05, 3.63) is 198 Å². The van der Waals surface area contributed by atoms with Gasteiger partial charge < -0.3 is 102 Å². The first kappa shape index (κ1) is 59.3. The second kappa shape index (κ2) is 22.4. The van der Waals surface area contributed by atoms with Crippen LogP contribution in [0.5, 0.6) is 69.0 Å². The highest BCUT2D eigenvalue weighted by molar-refractivity contribution is 6.28. The topological polar surface area (TPSA) is 376 Å². The molecule has 22 heteroatoms. The molecular formula is C68H53F2N3O17. The average molecular weight is 1220 g/mol. The number of hydrogen-bond donors (Lipinski definition) is 18. The van der Waals surface area contributed by atoms with E-state index in [0.29, 0.717) is 50.1 Å². The second-order valence-electron chi connectivity index (χ2n) is 21.2. The number of rotatable bonds is 15. The minimum Gasteiger partial charge on any atom is -0.508 e. The Labute approximate surface area is 507 Å². The van der Waals surface area contributed by atoms with Crippen molar-refractivity contribution < 1.29 is 95.6 Å². The van der Waals surface area contributed by atoms with Crippen molar-refractivity contribution in [1.82, 2.24) is 0 Å². The molecule has 90 heavy (non-hydrogen) atoms. The van der Waals surface area contributed by atoms with Gasteiger partial charge in [0.05, 0.1) is 22.6 Å². The van der Waals surface area contributed by atoms with E-state index >= 15 is 8.78 Å². The fourth-order valence-corrected chi connectivity index (χ4v) is 11.4. The van der Waals surface area contributed by atoms with Crippen molar-refractivity contribution in [3.63, 3.8) is 0 Å². The summed E-state index contributed by atoms with van der Waals surface area (Å²) >= 11 is 0. The standard InChI is InChI=1S/C68H53F2N3O17/c1-3-6-44-52(59(81)65(87)64(86)55(44)77)34-22-35(53-60(82)66(88)68(90)67(89)61(53)83)25-41(24-34)73(39-10-5-8-37(70)27-39)48-18-14-32-11-15-42-47(17-13-31-12-16-43(48)51(32)50(31)42)72(38-9-4-7-36(69)26-38)40-20-30(21-49(75)58(80)62(84)54(76)29(2)74)19-33(23-40)45-28-46(71)57(79)63(85)56(45)78/h4-5,7-20,22-28,74-90H,2-3,6,21,71H2,1H3/b58-49-,62-54-. The predicted octanol–water partition coefficient (Wildman–Crippen LogP) is 15.1. The maximum atomic E-state index is 15.9. The molecule has 0 atom stereocenters. The van der Waals surface area contributed by atoms with E-state index in [9.17, 15) is 86.8 Å². The van der Waals surface area contributed by atoms with Gasteiger partial charge in [-0.1, -0.05) is 74.5 Å². The summed E-state index contributed by atoms with van der Waals surface area (Å²) in [5.41, 5.74) is 5.55. The molecule has 0 saturated heterocycles. The molecule has 0 spiro atoms. The Bertz CT molecular complexity index is 4860. The molecule has 11 aromatic carbocycles. The third-order valence-electron chi connectivity index (χ3n) is 15.5. The molecule has 11 aromatic rings. The molecule has 0 fully saturated rings. The summed E-state index contributed by atoms with van der Waals surface area (Å²) in [7, 11) is 0. The summed E-state index contributed by atoms with van der Waals surface area (Å²) in [6.07, 6.45) is -0.361. The fourth-order valence-electron chi connectivity index (χ4n) is 11.4. The maximum Gasteiger partial charge on any atom is 0.208 e. The number of aromatic hydroxyl groups is 12. The lowest BCUT2D eigenvalue weighted by atomic mass is 9.89. The van der Waals surface area contributed by atoms with Crippen LogP contribution in [0.15, 0.2) is 175 Å². The number of nitrogens with zero attached hydrogens (tertiary/aromatic N) is 2. The van der Waals surface area contributed by atoms with Crippen molar-refractivity contribution in [1.29, 1.82) is 0 Å². The minimum atomic E-state index is -1.34. The fraction of sp³-hybridized carbons (Fsp3) is 0.0588. The zero-order valence-corrected chi connectivity index (χ0v) is 46.9. The quantitative estimate of drug-likeness (QED) is 0.0113. The summed E-state index contributed by atoms with van der Waals surface area (Å²) in [4.78, 5) is 3.17. The van der Waals surface area contributed by atoms with E-state index in [4.69, 9.17) is 5.73 Å². The van der Waals surface area contributed by atoms with Gasteiger partial charge in [-0.05, 0) is 135 Å². The number of nitrogen functional groups attached to an aromatic ring is 1. The zero-order valence-electron chi connectivity index (χ0n) is 46.9. The molecule has 0 aliphatic heterocycles. The van der Waals surface area contributed by atoms with E-state index in [1.165, 1.54) is 72.8 Å². The average Bonchev–Trinajstić information content (AvgIpc) is 0.735. The van der Waals surface area contributed by atoms with E-state index in [-0.39, 0.29) is 73.8 Å². The number of allylic oxidation sites excluding steroid dienone is 1. The Kier molecular flexibility index (Phi) is 14.8. The molecule has 0 unspecified atom stereocenters. The molecule has 0 heterocycles. The molecule has 0 radical (unpaired) electrons. The molecule has 0 aliphatic rings. The van der Waals surface area contributed by atoms with E-state index in [2.05, 4.69) is 6.58 Å². The van der Waals surface area contributed by atoms with Gasteiger partial charge in [-0.3, -0.25) is 0 Å². The molecule has 0 aromatic heterocycles. The highest BCUT2D eigenvalue weighted by Crippen LogP contribution is 2.59. The van der Waals surface area contributed by atoms with Crippen LogP contribution in [0.1, 0.15) is 24.5 Å². The monoisotopic (exact) mass is 1220 g/mol. The number of anilines is 7. The van der Waals surface area contributed by atoms with Gasteiger partial charge >= 0.3 is 0 Å². The lowest BCUT2D eigenvalue weighted by Gasteiger charge is -2.30. The maximum absolute atomic E-state index is 15.9. The first-order chi connectivity index (χ1) is 42.8. The summed E-state index contributed by atoms with van der Waals surface area (Å²) < 4.78 is 31.6. The van der Waals surface area contributed by atoms with Crippen LogP contribution in [0.3, 0.4) is 0 Å². The Morgan fingerprint density at radius 2 is 0.889 bits per heavy atom. The Hall–Kier alpha value is -12.5. The van der Waals surface area contributed by atoms with Gasteiger partial charge in [0, 0.05) is 56.6 Å². The third-order valence-corrected chi connectivity index (χ3v) is 15.5. The second-order valence-corrected chi connectivity index (χ2v) is 21.2. The van der Waals surface area contributed by atoms with Crippen molar-refractivity contribution in [2.24, 2.45) is 0 Å². The van der Waals surface area contributed by atoms with E-state index in [1.807, 2.05) is 0 Å². The van der Waals surface area contributed by atoms with E-state index in [0.717, 1.165) is 6.07 Å². The van der Waals surface area contributed by atoms with Gasteiger partial charge in [-0.25, -0.2) is 8.78 Å². The van der Waals surface area contributed by atoms with Crippen LogP contribution in [-0.2, 0) is 12.8 Å². The number of aliphatic hydroxyl groups is 5. The summed E-state index contributed by atoms with van der Waals surface area (Å²) in [6, 6.07) is 34.5. The normalized spacial score (nSPS) is 12.2. The molecule has 456 valence electrons. The molecule has 19 N–H and O–H groups in total. The van der Waals surface area contributed by atoms with Gasteiger partial charge in [0.1, 0.15) is 17.4 Å². The lowest BCUT2D eigenvalue weighted by Crippen LogP contribution is -2.12. The summed E-state index contributed by atoms with van der Waals surface area (Å²) in [5.74, 6) is -19.8. The van der Waals surface area contributed by atoms with Crippen LogP contribution in [0, 0.1) is 11.6 Å². The van der Waals surface area contributed by atoms with Gasteiger partial charge in [0.2, 0.25) is 46.0 Å². The molecular weight excluding hydrogens is 1170 g/mol. The van der Waals surface area contributed by atoms with Crippen LogP contribution in [0.4, 0.5) is 48.6 Å². The third kappa shape index (κ3) is 9.84. The highest BCUT2D eigenvalue weighted by Gasteiger charge is 2.31. The van der Waals surface area contributed by atoms with Crippen LogP contribution < -0.4 is 15.5 Å². The Morgan fingerprint density at radius 3 is 1.40 bits per heavy atom. The highest BCUT2D eigenvalue weighted by atomic mass is 19.1. The van der Waals surface area contributed by atoms with Gasteiger partial charge in [0.25, 0.3) is 0 Å². The number of phenolic OH excluding ortho intramolecular Hbond substituents is 12. The number of halogens is 2. The number of phenols is 12. The number of aliphatic hydroxyl groups excluding tert-OH is 5. The zero-order chi connectivity index (χ0) is 64.6. The van der Waals surface area contributed by atoms with Gasteiger partial charge in [-0.15, -0.1) is 0 Å². The van der Waals surface area contributed by atoms with Crippen LogP contribution in [0.25, 0.3) is 65.7 Å². The van der Waals surface area contributed by atoms with Crippen LogP contribution >= 0.6 is 0 Å². The molecule has 0 saturated carbocycles. The number of benzene rings is 11. The number of nitrogens with two attached hydrogens (primary N) is 1. The first-order valence-corrected chi connectivity index (χ1v) is 27.3. The first-order valence-electron chi connectivity index (χ1n) is 27.3. The SMILES string of the molecule is C=C(O)/C(O)=C(O)\C(O)=C(\O)Cc1cc(-c2cc(N)c(O)c(O)c2O)cc(N(c2cccc(F)c2)c2ccc3ccc4c(N(c5cccc(F)c5)c5cc(-c6c(O)c(O)c(O)c(O)c6O)cc(-c6c(O)c(O)c(O)c(O)c6CCC)c5)ccc5ccc2c3c54)c1. The molecule has 0 aliphatic carbocycles. The van der Waals surface area contributed by atoms with Crippen LogP contribution in [-0.4, -0.2) is 86.8 Å². The molecule has 0 bridgehead atoms. The summed E-state index contributed by atoms with van der Waals surface area (Å²) in [5, 5.41) is 189. The Morgan fingerprint density at radius 1 is 0.433 bits per heavy atom. The lowest BCUT2D eigenvalue weighted by molar-refractivity contribution is 0.243. The largest absolute Gasteiger partial charge is 0.508 e. The molecule has 0 amide bonds. The van der Waals surface area contributed by atoms with E-state index in [1.54, 1.807) is 77.4 Å². The Balaban J connectivity index is 1.20. The summed E-state index contributed by atoms with van der Waals surface area (Å²) in [6.45, 7) is 4.84. The van der Waals surface area contributed by atoms with Gasteiger partial charge in [0.15, 0.2) is 46.0 Å². The predicted molar refractivity (Wildman–Crippen MR) is 334 cm³/mol. The van der Waals surface area contributed by atoms with Crippen molar-refractivity contribution in [2.45, 2.75) is 26.2 Å². The van der Waals surface area contributed by atoms with E-state index < -0.39 is 121 Å². The molecule has 11 rings (SSSR count). The number of hydrogen-bond acceptors (Lipinski definition) is 20. The van der Waals surface area contributed by atoms with Gasteiger partial charge in [-0.2, -0.15) is 0 Å². The van der Waals surface area contributed by atoms with Crippen molar-refractivity contribution in [2.75, 3.05) is 15.5 Å². The smallest absolute Gasteiger partial charge is 0.208 e. The minimum absolute atomic E-state index is 0.0149. The van der Waals surface area contributed by atoms with Crippen LogP contribution in [0.2, 0.25) is 0 Å². The molecule has 20 nitrogen and oxygen atoms in total. The van der Waals surface area contributed by atoms with Crippen molar-refractivity contribution in [3.8, 4) is 102 Å².